The minimum Gasteiger partial charge on any atom is -0.365 e. The molecule has 2 unspecified atom stereocenters. The average Bonchev–Trinajstić information content (AvgIpc) is 3.26. The lowest BCUT2D eigenvalue weighted by atomic mass is 9.96. The Bertz CT molecular complexity index is 992. The highest BCUT2D eigenvalue weighted by atomic mass is 19.1. The minimum absolute atomic E-state index is 0.157. The van der Waals surface area contributed by atoms with Crippen LogP contribution in [0.25, 0.3) is 11.4 Å². The van der Waals surface area contributed by atoms with Crippen molar-refractivity contribution < 1.29 is 4.39 Å². The Labute approximate surface area is 181 Å². The van der Waals surface area contributed by atoms with Gasteiger partial charge in [-0.15, -0.1) is 10.2 Å². The summed E-state index contributed by atoms with van der Waals surface area (Å²) in [6.07, 6.45) is 2.50. The lowest BCUT2D eigenvalue weighted by Gasteiger charge is -2.46. The Balaban J connectivity index is 1.66. The summed E-state index contributed by atoms with van der Waals surface area (Å²) in [4.78, 5) is 4.67. The number of nitrogens with one attached hydrogen (secondary N) is 1. The maximum atomic E-state index is 15.3. The van der Waals surface area contributed by atoms with Gasteiger partial charge in [0, 0.05) is 37.9 Å². The summed E-state index contributed by atoms with van der Waals surface area (Å²) < 4.78 is 15.3. The van der Waals surface area contributed by atoms with Gasteiger partial charge in [0.05, 0.1) is 16.9 Å². The van der Waals surface area contributed by atoms with Gasteiger partial charge in [0.25, 0.3) is 0 Å². The van der Waals surface area contributed by atoms with Crippen LogP contribution in [0.2, 0.25) is 0 Å². The number of anilines is 1. The van der Waals surface area contributed by atoms with Crippen LogP contribution in [0.4, 0.5) is 10.1 Å². The molecule has 1 aliphatic heterocycles. The van der Waals surface area contributed by atoms with E-state index >= 15 is 4.39 Å². The molecule has 9 heteroatoms. The van der Waals surface area contributed by atoms with Gasteiger partial charge >= 0.3 is 0 Å². The van der Waals surface area contributed by atoms with Gasteiger partial charge in [0.2, 0.25) is 5.82 Å². The molecule has 1 fully saturated rings. The highest BCUT2D eigenvalue weighted by Gasteiger charge is 2.33. The first kappa shape index (κ1) is 21.3. The van der Waals surface area contributed by atoms with E-state index in [0.717, 1.165) is 43.0 Å². The van der Waals surface area contributed by atoms with Crippen LogP contribution in [-0.4, -0.2) is 60.9 Å². The van der Waals surface area contributed by atoms with Gasteiger partial charge < -0.3 is 4.90 Å². The van der Waals surface area contributed by atoms with Gasteiger partial charge in [-0.3, -0.25) is 4.90 Å². The molecule has 2 atom stereocenters. The van der Waals surface area contributed by atoms with Crippen LogP contribution in [0.5, 0.6) is 0 Å². The molecule has 1 aliphatic rings. The molecule has 1 aromatic carbocycles. The van der Waals surface area contributed by atoms with E-state index in [9.17, 15) is 0 Å². The Morgan fingerprint density at radius 3 is 2.68 bits per heavy atom. The van der Waals surface area contributed by atoms with Gasteiger partial charge in [-0.2, -0.15) is 15.4 Å². The first-order chi connectivity index (χ1) is 14.9. The zero-order chi connectivity index (χ0) is 22.0. The molecule has 1 N–H and O–H groups in total. The summed E-state index contributed by atoms with van der Waals surface area (Å²) in [6, 6.07) is 8.00. The third kappa shape index (κ3) is 4.56. The molecule has 31 heavy (non-hydrogen) atoms. The molecule has 0 radical (unpaired) electrons. The predicted molar refractivity (Wildman–Crippen MR) is 117 cm³/mol. The fraction of sp³-hybridized carbons (Fsp3) is 0.500. The number of nitrogens with zero attached hydrogens (tertiary/aromatic N) is 7. The zero-order valence-corrected chi connectivity index (χ0v) is 18.5. The van der Waals surface area contributed by atoms with E-state index < -0.39 is 0 Å². The maximum absolute atomic E-state index is 15.3. The fourth-order valence-electron chi connectivity index (χ4n) is 4.35. The Hall–Kier alpha value is -2.94. The van der Waals surface area contributed by atoms with E-state index in [2.05, 4.69) is 74.4 Å². The number of aromatic amines is 1. The highest BCUT2D eigenvalue weighted by Crippen LogP contribution is 2.36. The number of tetrazole rings is 1. The largest absolute Gasteiger partial charge is 0.365 e. The number of aromatic nitrogens is 6. The second-order valence-corrected chi connectivity index (χ2v) is 8.67. The van der Waals surface area contributed by atoms with Crippen molar-refractivity contribution in [3.05, 3.63) is 47.5 Å². The van der Waals surface area contributed by atoms with E-state index in [4.69, 9.17) is 0 Å². The van der Waals surface area contributed by atoms with Crippen LogP contribution in [0.1, 0.15) is 39.0 Å². The van der Waals surface area contributed by atoms with Crippen LogP contribution in [0.3, 0.4) is 0 Å². The van der Waals surface area contributed by atoms with Crippen LogP contribution >= 0.6 is 0 Å². The second-order valence-electron chi connectivity index (χ2n) is 8.67. The smallest absolute Gasteiger partial charge is 0.209 e. The van der Waals surface area contributed by atoms with Crippen molar-refractivity contribution in [1.82, 2.24) is 35.7 Å². The van der Waals surface area contributed by atoms with Gasteiger partial charge in [0.15, 0.2) is 0 Å². The van der Waals surface area contributed by atoms with E-state index in [1.807, 2.05) is 12.1 Å². The third-order valence-electron chi connectivity index (χ3n) is 6.04. The number of H-pyrrole nitrogens is 1. The van der Waals surface area contributed by atoms with Crippen LogP contribution in [0, 0.1) is 11.7 Å². The van der Waals surface area contributed by atoms with Gasteiger partial charge in [-0.05, 0) is 61.2 Å². The van der Waals surface area contributed by atoms with E-state index in [-0.39, 0.29) is 23.7 Å². The molecular formula is C22H29FN8. The molecule has 8 nitrogen and oxygen atoms in total. The number of rotatable bonds is 6. The molecular weight excluding hydrogens is 395 g/mol. The number of benzene rings is 1. The number of halogens is 1. The monoisotopic (exact) mass is 424 g/mol. The lowest BCUT2D eigenvalue weighted by Crippen LogP contribution is -2.57. The van der Waals surface area contributed by atoms with Crippen LogP contribution in [-0.2, 0) is 13.0 Å². The lowest BCUT2D eigenvalue weighted by molar-refractivity contribution is 0.148. The second kappa shape index (κ2) is 9.05. The summed E-state index contributed by atoms with van der Waals surface area (Å²) in [5.74, 6) is 0.408. The standard InChI is InChI=1S/C22H29FN8/c1-14(2)10-17-11-19(23)21(22-26-28-29-27-22)20(12-17)31-9-8-30(15(3)16(31)4)13-18-6-5-7-24-25-18/h5-7,11-12,14-16H,8-10,13H2,1-4H3,(H,26,27,28,29). The molecule has 4 rings (SSSR count). The zero-order valence-electron chi connectivity index (χ0n) is 18.5. The average molecular weight is 425 g/mol. The number of piperazine rings is 1. The Morgan fingerprint density at radius 2 is 2.00 bits per heavy atom. The molecule has 0 spiro atoms. The van der Waals surface area contributed by atoms with Gasteiger partial charge in [-0.1, -0.05) is 13.8 Å². The molecule has 3 aromatic rings. The van der Waals surface area contributed by atoms with Crippen molar-refractivity contribution >= 4 is 5.69 Å². The summed E-state index contributed by atoms with van der Waals surface area (Å²) in [5.41, 5.74) is 3.17. The van der Waals surface area contributed by atoms with Crippen LogP contribution < -0.4 is 4.90 Å². The molecule has 2 aromatic heterocycles. The molecule has 0 bridgehead atoms. The summed E-state index contributed by atoms with van der Waals surface area (Å²) >= 11 is 0. The molecule has 1 saturated heterocycles. The van der Waals surface area contributed by atoms with Crippen molar-refractivity contribution in [1.29, 1.82) is 0 Å². The predicted octanol–water partition coefficient (Wildman–Crippen LogP) is 3.09. The molecule has 0 aliphatic carbocycles. The molecule has 3 heterocycles. The van der Waals surface area contributed by atoms with Crippen molar-refractivity contribution in [2.45, 2.75) is 52.7 Å². The molecule has 0 saturated carbocycles. The topological polar surface area (TPSA) is 86.7 Å². The third-order valence-corrected chi connectivity index (χ3v) is 6.04. The summed E-state index contributed by atoms with van der Waals surface area (Å²) in [6.45, 7) is 11.0. The summed E-state index contributed by atoms with van der Waals surface area (Å²) in [7, 11) is 0. The normalized spacial score (nSPS) is 19.9. The summed E-state index contributed by atoms with van der Waals surface area (Å²) in [5, 5.41) is 22.4. The quantitative estimate of drug-likeness (QED) is 0.651. The SMILES string of the molecule is CC(C)Cc1cc(F)c(-c2nn[nH]n2)c(N2CCN(Cc3cccnn3)C(C)C2C)c1. The molecule has 164 valence electrons. The Morgan fingerprint density at radius 1 is 1.16 bits per heavy atom. The van der Waals surface area contributed by atoms with Crippen molar-refractivity contribution in [3.8, 4) is 11.4 Å². The number of hydrogen-bond donors (Lipinski definition) is 1. The highest BCUT2D eigenvalue weighted by molar-refractivity contribution is 5.76. The van der Waals surface area contributed by atoms with E-state index in [1.165, 1.54) is 0 Å². The van der Waals surface area contributed by atoms with Crippen molar-refractivity contribution in [3.63, 3.8) is 0 Å². The number of hydrogen-bond acceptors (Lipinski definition) is 7. The maximum Gasteiger partial charge on any atom is 0.209 e. The van der Waals surface area contributed by atoms with Crippen molar-refractivity contribution in [2.24, 2.45) is 5.92 Å². The van der Waals surface area contributed by atoms with E-state index in [0.29, 0.717) is 11.5 Å². The van der Waals surface area contributed by atoms with Crippen LogP contribution in [0.15, 0.2) is 30.5 Å². The first-order valence-electron chi connectivity index (χ1n) is 10.8. The Kier molecular flexibility index (Phi) is 6.22. The fourth-order valence-corrected chi connectivity index (χ4v) is 4.35. The minimum atomic E-state index is -0.309. The van der Waals surface area contributed by atoms with Gasteiger partial charge in [0.1, 0.15) is 5.82 Å². The molecule has 0 amide bonds. The first-order valence-corrected chi connectivity index (χ1v) is 10.8. The van der Waals surface area contributed by atoms with Crippen molar-refractivity contribution in [2.75, 3.05) is 18.0 Å². The van der Waals surface area contributed by atoms with E-state index in [1.54, 1.807) is 12.3 Å². The van der Waals surface area contributed by atoms with Gasteiger partial charge in [-0.25, -0.2) is 4.39 Å².